The standard InChI is InChI=1S/C24H30N2O5/c1-14(2)21(26-23(28)18-9-7-8-10-20(18)30-6)24(29)31-17(5)22(27)25-19-12-11-15(3)13-16(19)4/h7-14,17,21H,1-6H3,(H,25,27)(H,26,28)/t17-,21-/m0/s1. The SMILES string of the molecule is COc1ccccc1C(=O)N[C@H](C(=O)O[C@@H](C)C(=O)Nc1ccc(C)cc1C)C(C)C. The smallest absolute Gasteiger partial charge is 0.329 e. The van der Waals surface area contributed by atoms with Gasteiger partial charge in [0.25, 0.3) is 11.8 Å². The van der Waals surface area contributed by atoms with Gasteiger partial charge in [-0.15, -0.1) is 0 Å². The Morgan fingerprint density at radius 2 is 1.65 bits per heavy atom. The molecular weight excluding hydrogens is 396 g/mol. The summed E-state index contributed by atoms with van der Waals surface area (Å²) in [6.07, 6.45) is -1.03. The molecule has 0 heterocycles. The molecule has 31 heavy (non-hydrogen) atoms. The molecule has 2 rings (SSSR count). The monoisotopic (exact) mass is 426 g/mol. The van der Waals surface area contributed by atoms with E-state index in [9.17, 15) is 14.4 Å². The Morgan fingerprint density at radius 3 is 2.26 bits per heavy atom. The van der Waals surface area contributed by atoms with Gasteiger partial charge in [0, 0.05) is 5.69 Å². The zero-order chi connectivity index (χ0) is 23.1. The third-order valence-corrected chi connectivity index (χ3v) is 4.86. The van der Waals surface area contributed by atoms with Crippen LogP contribution in [-0.2, 0) is 14.3 Å². The van der Waals surface area contributed by atoms with E-state index in [1.54, 1.807) is 38.1 Å². The second kappa shape index (κ2) is 10.6. The van der Waals surface area contributed by atoms with Gasteiger partial charge in [-0.3, -0.25) is 9.59 Å². The number of carbonyl (C=O) groups is 3. The highest BCUT2D eigenvalue weighted by Gasteiger charge is 2.30. The number of ether oxygens (including phenoxy) is 2. The number of amides is 2. The van der Waals surface area contributed by atoms with Crippen molar-refractivity contribution in [2.75, 3.05) is 12.4 Å². The van der Waals surface area contributed by atoms with Crippen LogP contribution in [0.1, 0.15) is 42.3 Å². The second-order valence-electron chi connectivity index (χ2n) is 7.78. The molecule has 0 spiro atoms. The topological polar surface area (TPSA) is 93.7 Å². The molecule has 2 N–H and O–H groups in total. The molecule has 7 heteroatoms. The van der Waals surface area contributed by atoms with E-state index in [0.717, 1.165) is 11.1 Å². The highest BCUT2D eigenvalue weighted by atomic mass is 16.5. The Bertz CT molecular complexity index is 955. The molecule has 2 atom stereocenters. The summed E-state index contributed by atoms with van der Waals surface area (Å²) in [6, 6.07) is 11.5. The lowest BCUT2D eigenvalue weighted by molar-refractivity contribution is -0.156. The van der Waals surface area contributed by atoms with Crippen LogP contribution in [-0.4, -0.2) is 37.0 Å². The summed E-state index contributed by atoms with van der Waals surface area (Å²) < 4.78 is 10.6. The quantitative estimate of drug-likeness (QED) is 0.629. The van der Waals surface area contributed by atoms with E-state index in [0.29, 0.717) is 17.0 Å². The fourth-order valence-corrected chi connectivity index (χ4v) is 3.04. The molecule has 7 nitrogen and oxygen atoms in total. The van der Waals surface area contributed by atoms with Gasteiger partial charge in [-0.1, -0.05) is 43.7 Å². The van der Waals surface area contributed by atoms with E-state index < -0.39 is 29.9 Å². The normalized spacial score (nSPS) is 12.6. The van der Waals surface area contributed by atoms with Crippen LogP contribution < -0.4 is 15.4 Å². The summed E-state index contributed by atoms with van der Waals surface area (Å²) in [4.78, 5) is 37.9. The third-order valence-electron chi connectivity index (χ3n) is 4.86. The minimum absolute atomic E-state index is 0.249. The van der Waals surface area contributed by atoms with Crippen molar-refractivity contribution >= 4 is 23.5 Å². The van der Waals surface area contributed by atoms with Gasteiger partial charge in [0.05, 0.1) is 12.7 Å². The van der Waals surface area contributed by atoms with Crippen molar-refractivity contribution in [3.8, 4) is 5.75 Å². The van der Waals surface area contributed by atoms with Crippen molar-refractivity contribution in [3.05, 3.63) is 59.2 Å². The number of esters is 1. The molecule has 0 aliphatic heterocycles. The number of para-hydroxylation sites is 1. The van der Waals surface area contributed by atoms with E-state index in [1.165, 1.54) is 14.0 Å². The van der Waals surface area contributed by atoms with E-state index >= 15 is 0 Å². The number of nitrogens with one attached hydrogen (secondary N) is 2. The molecule has 0 fully saturated rings. The van der Waals surface area contributed by atoms with Crippen molar-refractivity contribution in [2.24, 2.45) is 5.92 Å². The summed E-state index contributed by atoms with van der Waals surface area (Å²) in [5, 5.41) is 5.46. The molecule has 2 aromatic rings. The molecule has 0 radical (unpaired) electrons. The van der Waals surface area contributed by atoms with E-state index in [4.69, 9.17) is 9.47 Å². The van der Waals surface area contributed by atoms with Gasteiger partial charge in [-0.05, 0) is 50.5 Å². The van der Waals surface area contributed by atoms with Crippen molar-refractivity contribution in [1.29, 1.82) is 0 Å². The predicted octanol–water partition coefficient (Wildman–Crippen LogP) is 3.64. The zero-order valence-electron chi connectivity index (χ0n) is 18.8. The van der Waals surface area contributed by atoms with Crippen LogP contribution in [0.3, 0.4) is 0 Å². The molecule has 0 saturated heterocycles. The maximum atomic E-state index is 12.7. The van der Waals surface area contributed by atoms with Gasteiger partial charge in [-0.2, -0.15) is 0 Å². The Balaban J connectivity index is 2.05. The summed E-state index contributed by atoms with van der Waals surface area (Å²) >= 11 is 0. The Kier molecular flexibility index (Phi) is 8.19. The van der Waals surface area contributed by atoms with Crippen LogP contribution in [0.15, 0.2) is 42.5 Å². The molecular formula is C24H30N2O5. The fourth-order valence-electron chi connectivity index (χ4n) is 3.04. The van der Waals surface area contributed by atoms with Gasteiger partial charge in [0.1, 0.15) is 11.8 Å². The molecule has 0 unspecified atom stereocenters. The highest BCUT2D eigenvalue weighted by Crippen LogP contribution is 2.19. The second-order valence-corrected chi connectivity index (χ2v) is 7.78. The highest BCUT2D eigenvalue weighted by molar-refractivity contribution is 6.00. The van der Waals surface area contributed by atoms with Crippen molar-refractivity contribution in [2.45, 2.75) is 46.8 Å². The number of carbonyl (C=O) groups excluding carboxylic acids is 3. The molecule has 2 aromatic carbocycles. The lowest BCUT2D eigenvalue weighted by Crippen LogP contribution is -2.47. The maximum Gasteiger partial charge on any atom is 0.329 e. The average Bonchev–Trinajstić information content (AvgIpc) is 2.73. The van der Waals surface area contributed by atoms with Crippen LogP contribution in [0.4, 0.5) is 5.69 Å². The minimum atomic E-state index is -1.03. The van der Waals surface area contributed by atoms with Gasteiger partial charge < -0.3 is 20.1 Å². The number of benzene rings is 2. The largest absolute Gasteiger partial charge is 0.496 e. The lowest BCUT2D eigenvalue weighted by Gasteiger charge is -2.23. The van der Waals surface area contributed by atoms with Crippen molar-refractivity contribution < 1.29 is 23.9 Å². The van der Waals surface area contributed by atoms with E-state index in [1.807, 2.05) is 32.0 Å². The van der Waals surface area contributed by atoms with Crippen LogP contribution >= 0.6 is 0 Å². The van der Waals surface area contributed by atoms with Gasteiger partial charge in [0.15, 0.2) is 6.10 Å². The van der Waals surface area contributed by atoms with Gasteiger partial charge in [0.2, 0.25) is 0 Å². The summed E-state index contributed by atoms with van der Waals surface area (Å²) in [7, 11) is 1.47. The molecule has 0 aromatic heterocycles. The van der Waals surface area contributed by atoms with Gasteiger partial charge >= 0.3 is 5.97 Å². The summed E-state index contributed by atoms with van der Waals surface area (Å²) in [6.45, 7) is 8.93. The third kappa shape index (κ3) is 6.31. The number of hydrogen-bond donors (Lipinski definition) is 2. The molecule has 0 aliphatic rings. The first-order chi connectivity index (χ1) is 14.6. The number of hydrogen-bond acceptors (Lipinski definition) is 5. The van der Waals surface area contributed by atoms with E-state index in [2.05, 4.69) is 10.6 Å². The average molecular weight is 427 g/mol. The predicted molar refractivity (Wildman–Crippen MR) is 119 cm³/mol. The first-order valence-corrected chi connectivity index (χ1v) is 10.2. The number of aryl methyl sites for hydroxylation is 2. The Morgan fingerprint density at radius 1 is 0.968 bits per heavy atom. The molecule has 0 saturated carbocycles. The first-order valence-electron chi connectivity index (χ1n) is 10.2. The molecule has 2 amide bonds. The fraction of sp³-hybridized carbons (Fsp3) is 0.375. The lowest BCUT2D eigenvalue weighted by atomic mass is 10.0. The van der Waals surface area contributed by atoms with Crippen LogP contribution in [0.5, 0.6) is 5.75 Å². The molecule has 166 valence electrons. The maximum absolute atomic E-state index is 12.7. The van der Waals surface area contributed by atoms with Crippen LogP contribution in [0.25, 0.3) is 0 Å². The zero-order valence-corrected chi connectivity index (χ0v) is 18.8. The molecule has 0 bridgehead atoms. The summed E-state index contributed by atoms with van der Waals surface area (Å²) in [5.74, 6) is -1.43. The van der Waals surface area contributed by atoms with Crippen molar-refractivity contribution in [1.82, 2.24) is 5.32 Å². The van der Waals surface area contributed by atoms with E-state index in [-0.39, 0.29) is 5.92 Å². The van der Waals surface area contributed by atoms with Crippen molar-refractivity contribution in [3.63, 3.8) is 0 Å². The minimum Gasteiger partial charge on any atom is -0.496 e. The van der Waals surface area contributed by atoms with Gasteiger partial charge in [-0.25, -0.2) is 4.79 Å². The number of anilines is 1. The number of methoxy groups -OCH3 is 1. The Hall–Kier alpha value is -3.35. The molecule has 0 aliphatic carbocycles. The van der Waals surface area contributed by atoms with Crippen LogP contribution in [0, 0.1) is 19.8 Å². The number of rotatable bonds is 8. The van der Waals surface area contributed by atoms with Crippen LogP contribution in [0.2, 0.25) is 0 Å². The summed E-state index contributed by atoms with van der Waals surface area (Å²) in [5.41, 5.74) is 2.96. The Labute approximate surface area is 183 Å². The first kappa shape index (κ1) is 23.9.